The minimum Gasteiger partial charge on any atom is -0.422 e. The van der Waals surface area contributed by atoms with Crippen LogP contribution in [-0.4, -0.2) is 24.3 Å². The second kappa shape index (κ2) is 8.92. The van der Waals surface area contributed by atoms with Crippen molar-refractivity contribution in [3.05, 3.63) is 76.0 Å². The van der Waals surface area contributed by atoms with Gasteiger partial charge >= 0.3 is 5.63 Å². The van der Waals surface area contributed by atoms with Crippen molar-refractivity contribution in [3.8, 4) is 11.3 Å². The van der Waals surface area contributed by atoms with E-state index in [1.807, 2.05) is 60.0 Å². The summed E-state index contributed by atoms with van der Waals surface area (Å²) in [5, 5.41) is 7.49. The molecule has 0 bridgehead atoms. The van der Waals surface area contributed by atoms with Gasteiger partial charge in [0.15, 0.2) is 0 Å². The van der Waals surface area contributed by atoms with Gasteiger partial charge in [0.1, 0.15) is 5.58 Å². The molecule has 0 saturated carbocycles. The number of nitrogens with one attached hydrogen (secondary N) is 1. The third kappa shape index (κ3) is 4.26. The van der Waals surface area contributed by atoms with Crippen molar-refractivity contribution < 1.29 is 4.42 Å². The first kappa shape index (κ1) is 19.8. The first-order valence-corrected chi connectivity index (χ1v) is 10.7. The number of rotatable bonds is 7. The Balaban J connectivity index is 1.57. The molecule has 2 aromatic heterocycles. The highest BCUT2D eigenvalue weighted by Crippen LogP contribution is 2.27. The maximum atomic E-state index is 12.6. The van der Waals surface area contributed by atoms with Gasteiger partial charge in [-0.05, 0) is 37.6 Å². The summed E-state index contributed by atoms with van der Waals surface area (Å²) in [6.45, 7) is 5.99. The number of thiazole rings is 1. The molecule has 1 N–H and O–H groups in total. The molecule has 0 aliphatic rings. The Bertz CT molecular complexity index is 1230. The van der Waals surface area contributed by atoms with Crippen molar-refractivity contribution in [3.63, 3.8) is 0 Å². The molecule has 0 aliphatic carbocycles. The second-order valence-electron chi connectivity index (χ2n) is 6.66. The molecule has 0 unspecified atom stereocenters. The molecule has 4 aromatic rings. The van der Waals surface area contributed by atoms with E-state index in [0.29, 0.717) is 22.0 Å². The van der Waals surface area contributed by atoms with Crippen LogP contribution in [0.2, 0.25) is 0 Å². The summed E-state index contributed by atoms with van der Waals surface area (Å²) < 4.78 is 5.61. The van der Waals surface area contributed by atoms with Gasteiger partial charge in [0, 0.05) is 35.6 Å². The van der Waals surface area contributed by atoms with E-state index < -0.39 is 5.63 Å². The van der Waals surface area contributed by atoms with Crippen molar-refractivity contribution in [2.75, 3.05) is 23.4 Å². The van der Waals surface area contributed by atoms with Gasteiger partial charge in [0.05, 0.1) is 17.5 Å². The molecule has 0 radical (unpaired) electrons. The largest absolute Gasteiger partial charge is 0.422 e. The number of anilines is 2. The van der Waals surface area contributed by atoms with E-state index in [1.54, 1.807) is 6.21 Å². The molecular weight excluding hydrogens is 396 g/mol. The third-order valence-electron chi connectivity index (χ3n) is 4.80. The lowest BCUT2D eigenvalue weighted by Crippen LogP contribution is -2.21. The summed E-state index contributed by atoms with van der Waals surface area (Å²) >= 11 is 1.38. The highest BCUT2D eigenvalue weighted by Gasteiger charge is 2.13. The smallest absolute Gasteiger partial charge is 0.345 e. The number of fused-ring (bicyclic) bond motifs is 1. The molecule has 0 aliphatic heterocycles. The molecule has 4 rings (SSSR count). The quantitative estimate of drug-likeness (QED) is 0.253. The fourth-order valence-electron chi connectivity index (χ4n) is 3.21. The average molecular weight is 419 g/mol. The van der Waals surface area contributed by atoms with Crippen LogP contribution >= 0.6 is 11.3 Å². The van der Waals surface area contributed by atoms with Crippen molar-refractivity contribution in [1.82, 2.24) is 4.98 Å². The van der Waals surface area contributed by atoms with Gasteiger partial charge in [-0.2, -0.15) is 5.10 Å². The zero-order chi connectivity index (χ0) is 20.9. The lowest BCUT2D eigenvalue weighted by Gasteiger charge is -2.20. The third-order valence-corrected chi connectivity index (χ3v) is 5.55. The van der Waals surface area contributed by atoms with Crippen molar-refractivity contribution >= 4 is 39.3 Å². The van der Waals surface area contributed by atoms with E-state index in [1.165, 1.54) is 11.3 Å². The summed E-state index contributed by atoms with van der Waals surface area (Å²) in [5.74, 6) is 0. The number of hydrogen-bond donors (Lipinski definition) is 1. The second-order valence-corrected chi connectivity index (χ2v) is 7.52. The Labute approximate surface area is 178 Å². The summed E-state index contributed by atoms with van der Waals surface area (Å²) in [6.07, 6.45) is 1.72. The molecule has 7 heteroatoms. The maximum absolute atomic E-state index is 12.6. The Morgan fingerprint density at radius 3 is 2.70 bits per heavy atom. The van der Waals surface area contributed by atoms with Crippen LogP contribution in [0.4, 0.5) is 10.8 Å². The predicted octanol–water partition coefficient (Wildman–Crippen LogP) is 5.21. The fourth-order valence-corrected chi connectivity index (χ4v) is 3.87. The van der Waals surface area contributed by atoms with Gasteiger partial charge in [-0.25, -0.2) is 9.78 Å². The van der Waals surface area contributed by atoms with Crippen molar-refractivity contribution in [2.24, 2.45) is 5.10 Å². The van der Waals surface area contributed by atoms with E-state index >= 15 is 0 Å². The Kier molecular flexibility index (Phi) is 5.90. The molecule has 2 heterocycles. The average Bonchev–Trinajstić information content (AvgIpc) is 3.23. The number of hydrazone groups is 1. The van der Waals surface area contributed by atoms with Crippen LogP contribution in [0.3, 0.4) is 0 Å². The van der Waals surface area contributed by atoms with Crippen LogP contribution in [0.5, 0.6) is 0 Å². The minimum atomic E-state index is -0.399. The first-order valence-electron chi connectivity index (χ1n) is 9.80. The van der Waals surface area contributed by atoms with Crippen molar-refractivity contribution in [1.29, 1.82) is 0 Å². The van der Waals surface area contributed by atoms with Crippen molar-refractivity contribution in [2.45, 2.75) is 13.8 Å². The standard InChI is InChI=1S/C23H22N4O2S/c1-3-27(4-2)18-11-10-17-12-19(22(28)29-21(17)13-18)20-15-30-23(25-20)26-24-14-16-8-6-5-7-9-16/h5-15H,3-4H2,1-2H3,(H,25,26)/b24-14+. The van der Waals surface area contributed by atoms with E-state index in [0.717, 1.165) is 29.7 Å². The molecule has 0 atom stereocenters. The fraction of sp³-hybridized carbons (Fsp3) is 0.174. The molecule has 0 saturated heterocycles. The van der Waals surface area contributed by atoms with Crippen LogP contribution < -0.4 is 16.0 Å². The summed E-state index contributed by atoms with van der Waals surface area (Å²) in [5.41, 5.74) is 6.13. The number of benzene rings is 2. The molecule has 6 nitrogen and oxygen atoms in total. The van der Waals surface area contributed by atoms with E-state index in [-0.39, 0.29) is 0 Å². The van der Waals surface area contributed by atoms with Crippen LogP contribution in [0, 0.1) is 0 Å². The lowest BCUT2D eigenvalue weighted by atomic mass is 10.1. The molecule has 2 aromatic carbocycles. The SMILES string of the molecule is CCN(CC)c1ccc2cc(-c3csc(N/N=C/c4ccccc4)n3)c(=O)oc2c1. The first-order chi connectivity index (χ1) is 14.7. The van der Waals surface area contributed by atoms with Crippen LogP contribution in [0.15, 0.2) is 74.3 Å². The summed E-state index contributed by atoms with van der Waals surface area (Å²) in [4.78, 5) is 19.3. The van der Waals surface area contributed by atoms with E-state index in [4.69, 9.17) is 4.42 Å². The number of hydrogen-bond acceptors (Lipinski definition) is 7. The highest BCUT2D eigenvalue weighted by molar-refractivity contribution is 7.14. The minimum absolute atomic E-state index is 0.399. The maximum Gasteiger partial charge on any atom is 0.345 e. The summed E-state index contributed by atoms with van der Waals surface area (Å²) in [6, 6.07) is 17.6. The van der Waals surface area contributed by atoms with Gasteiger partial charge in [-0.15, -0.1) is 11.3 Å². The van der Waals surface area contributed by atoms with Gasteiger partial charge in [0.25, 0.3) is 0 Å². The number of aromatic nitrogens is 1. The molecule has 30 heavy (non-hydrogen) atoms. The molecular formula is C23H22N4O2S. The molecule has 152 valence electrons. The molecule has 0 amide bonds. The Hall–Kier alpha value is -3.45. The highest BCUT2D eigenvalue weighted by atomic mass is 32.1. The van der Waals surface area contributed by atoms with Gasteiger partial charge in [0.2, 0.25) is 5.13 Å². The van der Waals surface area contributed by atoms with Crippen LogP contribution in [-0.2, 0) is 0 Å². The Morgan fingerprint density at radius 1 is 1.13 bits per heavy atom. The normalized spacial score (nSPS) is 11.3. The van der Waals surface area contributed by atoms with Gasteiger partial charge < -0.3 is 9.32 Å². The zero-order valence-corrected chi connectivity index (χ0v) is 17.6. The predicted molar refractivity (Wildman–Crippen MR) is 125 cm³/mol. The molecule has 0 spiro atoms. The van der Waals surface area contributed by atoms with E-state index in [2.05, 4.69) is 34.3 Å². The van der Waals surface area contributed by atoms with Gasteiger partial charge in [-0.3, -0.25) is 5.43 Å². The molecule has 0 fully saturated rings. The topological polar surface area (TPSA) is 70.7 Å². The summed E-state index contributed by atoms with van der Waals surface area (Å²) in [7, 11) is 0. The van der Waals surface area contributed by atoms with Gasteiger partial charge in [-0.1, -0.05) is 30.3 Å². The number of nitrogens with zero attached hydrogens (tertiary/aromatic N) is 3. The zero-order valence-electron chi connectivity index (χ0n) is 16.8. The monoisotopic (exact) mass is 418 g/mol. The lowest BCUT2D eigenvalue weighted by molar-refractivity contribution is 0.563. The Morgan fingerprint density at radius 2 is 1.93 bits per heavy atom. The van der Waals surface area contributed by atoms with Crippen LogP contribution in [0.25, 0.3) is 22.2 Å². The van der Waals surface area contributed by atoms with E-state index in [9.17, 15) is 4.79 Å². The van der Waals surface area contributed by atoms with Crippen LogP contribution in [0.1, 0.15) is 19.4 Å².